The van der Waals surface area contributed by atoms with E-state index in [1.807, 2.05) is 12.1 Å². The van der Waals surface area contributed by atoms with Crippen molar-refractivity contribution in [2.24, 2.45) is 0 Å². The maximum absolute atomic E-state index is 10.7. The zero-order valence-electron chi connectivity index (χ0n) is 10.2. The molecule has 1 aliphatic carbocycles. The molecule has 4 heteroatoms. The first-order valence-electron chi connectivity index (χ1n) is 6.47. The van der Waals surface area contributed by atoms with Crippen LogP contribution in [0.3, 0.4) is 0 Å². The molecule has 1 heterocycles. The molecule has 18 heavy (non-hydrogen) atoms. The van der Waals surface area contributed by atoms with E-state index in [9.17, 15) is 5.11 Å². The van der Waals surface area contributed by atoms with Gasteiger partial charge in [0.25, 0.3) is 0 Å². The van der Waals surface area contributed by atoms with E-state index in [4.69, 9.17) is 23.2 Å². The molecular formula is C14H17Cl2NO. The van der Waals surface area contributed by atoms with Crippen molar-refractivity contribution in [3.8, 4) is 0 Å². The lowest BCUT2D eigenvalue weighted by Gasteiger charge is -2.24. The topological polar surface area (TPSA) is 23.5 Å². The monoisotopic (exact) mass is 285 g/mol. The first-order chi connectivity index (χ1) is 8.57. The Labute approximate surface area is 117 Å². The summed E-state index contributed by atoms with van der Waals surface area (Å²) in [5.41, 5.74) is 0.306. The van der Waals surface area contributed by atoms with Gasteiger partial charge in [-0.1, -0.05) is 35.3 Å². The number of rotatable bonds is 3. The number of hydrogen-bond acceptors (Lipinski definition) is 2. The lowest BCUT2D eigenvalue weighted by Crippen LogP contribution is -2.36. The summed E-state index contributed by atoms with van der Waals surface area (Å²) in [6, 6.07) is 6.34. The van der Waals surface area contributed by atoms with Crippen LogP contribution in [0.2, 0.25) is 10.0 Å². The van der Waals surface area contributed by atoms with Gasteiger partial charge in [0.2, 0.25) is 0 Å². The summed E-state index contributed by atoms with van der Waals surface area (Å²) in [7, 11) is 0. The quantitative estimate of drug-likeness (QED) is 0.922. The third kappa shape index (κ3) is 2.53. The largest absolute Gasteiger partial charge is 0.388 e. The van der Waals surface area contributed by atoms with Gasteiger partial charge in [0, 0.05) is 25.6 Å². The zero-order valence-corrected chi connectivity index (χ0v) is 11.7. The van der Waals surface area contributed by atoms with Crippen molar-refractivity contribution in [2.75, 3.05) is 13.1 Å². The van der Waals surface area contributed by atoms with Gasteiger partial charge in [0.15, 0.2) is 0 Å². The summed E-state index contributed by atoms with van der Waals surface area (Å²) in [4.78, 5) is 2.40. The lowest BCUT2D eigenvalue weighted by atomic mass is 9.94. The van der Waals surface area contributed by atoms with Crippen molar-refractivity contribution in [1.29, 1.82) is 0 Å². The van der Waals surface area contributed by atoms with Crippen LogP contribution in [-0.4, -0.2) is 34.7 Å². The smallest absolute Gasteiger partial charge is 0.0827 e. The van der Waals surface area contributed by atoms with Gasteiger partial charge < -0.3 is 5.11 Å². The molecule has 3 rings (SSSR count). The molecule has 98 valence electrons. The number of hydrogen-bond donors (Lipinski definition) is 1. The van der Waals surface area contributed by atoms with Crippen LogP contribution in [0.1, 0.15) is 24.8 Å². The minimum absolute atomic E-state index is 0.565. The number of halogens is 2. The van der Waals surface area contributed by atoms with Crippen LogP contribution in [0.25, 0.3) is 0 Å². The van der Waals surface area contributed by atoms with E-state index in [0.717, 1.165) is 25.1 Å². The number of likely N-dealkylation sites (tertiary alicyclic amines) is 1. The molecule has 1 saturated carbocycles. The number of nitrogens with zero attached hydrogens (tertiary/aromatic N) is 1. The Morgan fingerprint density at radius 2 is 2.11 bits per heavy atom. The van der Waals surface area contributed by atoms with E-state index in [1.165, 1.54) is 12.8 Å². The minimum atomic E-state index is -0.642. The second-order valence-corrected chi connectivity index (χ2v) is 6.35. The third-order valence-corrected chi connectivity index (χ3v) is 4.83. The second kappa shape index (κ2) is 4.68. The van der Waals surface area contributed by atoms with E-state index < -0.39 is 5.60 Å². The van der Waals surface area contributed by atoms with Crippen LogP contribution >= 0.6 is 23.2 Å². The predicted molar refractivity (Wildman–Crippen MR) is 74.3 cm³/mol. The normalized spacial score (nSPS) is 28.8. The summed E-state index contributed by atoms with van der Waals surface area (Å²) < 4.78 is 0. The van der Waals surface area contributed by atoms with Crippen molar-refractivity contribution in [1.82, 2.24) is 4.90 Å². The van der Waals surface area contributed by atoms with Gasteiger partial charge in [-0.25, -0.2) is 0 Å². The van der Waals surface area contributed by atoms with E-state index >= 15 is 0 Å². The number of benzene rings is 1. The Kier molecular flexibility index (Phi) is 3.31. The Hall–Kier alpha value is -0.280. The first-order valence-corrected chi connectivity index (χ1v) is 7.22. The van der Waals surface area contributed by atoms with E-state index in [2.05, 4.69) is 4.90 Å². The molecule has 0 bridgehead atoms. The molecule has 1 aliphatic heterocycles. The lowest BCUT2D eigenvalue weighted by molar-refractivity contribution is 0.0487. The molecule has 1 unspecified atom stereocenters. The highest BCUT2D eigenvalue weighted by atomic mass is 35.5. The fraction of sp³-hybridized carbons (Fsp3) is 0.571. The summed E-state index contributed by atoms with van der Waals surface area (Å²) >= 11 is 12.2. The second-order valence-electron chi connectivity index (χ2n) is 5.57. The molecular weight excluding hydrogens is 269 g/mol. The van der Waals surface area contributed by atoms with Crippen LogP contribution in [0.4, 0.5) is 0 Å². The summed E-state index contributed by atoms with van der Waals surface area (Å²) in [5.74, 6) is 0. The van der Waals surface area contributed by atoms with Crippen molar-refractivity contribution in [2.45, 2.75) is 37.3 Å². The SMILES string of the molecule is OC1(Cc2cccc(Cl)c2Cl)CCN(C2CC2)C1. The highest BCUT2D eigenvalue weighted by Gasteiger charge is 2.42. The highest BCUT2D eigenvalue weighted by Crippen LogP contribution is 2.36. The van der Waals surface area contributed by atoms with E-state index in [1.54, 1.807) is 6.07 Å². The van der Waals surface area contributed by atoms with Gasteiger partial charge in [0.1, 0.15) is 0 Å². The average Bonchev–Trinajstić information content (AvgIpc) is 3.10. The number of β-amino-alcohol motifs (C(OH)–C–C–N with tert-alkyl or cyclic N) is 1. The van der Waals surface area contributed by atoms with Gasteiger partial charge in [-0.2, -0.15) is 0 Å². The molecule has 0 spiro atoms. The molecule has 0 radical (unpaired) electrons. The van der Waals surface area contributed by atoms with Gasteiger partial charge in [-0.15, -0.1) is 0 Å². The molecule has 1 saturated heterocycles. The van der Waals surface area contributed by atoms with Gasteiger partial charge in [0.05, 0.1) is 15.6 Å². The van der Waals surface area contributed by atoms with Crippen LogP contribution in [0.5, 0.6) is 0 Å². The fourth-order valence-corrected chi connectivity index (χ4v) is 3.21. The molecule has 1 aromatic rings. The summed E-state index contributed by atoms with van der Waals surface area (Å²) in [6.45, 7) is 1.76. The Bertz CT molecular complexity index is 461. The maximum Gasteiger partial charge on any atom is 0.0827 e. The van der Waals surface area contributed by atoms with Crippen LogP contribution < -0.4 is 0 Å². The van der Waals surface area contributed by atoms with E-state index in [-0.39, 0.29) is 0 Å². The standard InChI is InChI=1S/C14H17Cl2NO/c15-12-3-1-2-10(13(12)16)8-14(18)6-7-17(9-14)11-4-5-11/h1-3,11,18H,4-9H2. The minimum Gasteiger partial charge on any atom is -0.388 e. The Balaban J connectivity index is 1.73. The van der Waals surface area contributed by atoms with Crippen LogP contribution in [0.15, 0.2) is 18.2 Å². The van der Waals surface area contributed by atoms with E-state index in [0.29, 0.717) is 22.5 Å². The molecule has 2 fully saturated rings. The molecule has 1 N–H and O–H groups in total. The summed E-state index contributed by atoms with van der Waals surface area (Å²) in [6.07, 6.45) is 3.99. The third-order valence-electron chi connectivity index (χ3n) is 3.98. The highest BCUT2D eigenvalue weighted by molar-refractivity contribution is 6.42. The molecule has 2 nitrogen and oxygen atoms in total. The van der Waals surface area contributed by atoms with Crippen molar-refractivity contribution >= 4 is 23.2 Å². The van der Waals surface area contributed by atoms with Crippen LogP contribution in [-0.2, 0) is 6.42 Å². The Morgan fingerprint density at radius 1 is 1.33 bits per heavy atom. The molecule has 0 amide bonds. The van der Waals surface area contributed by atoms with Crippen molar-refractivity contribution in [3.63, 3.8) is 0 Å². The predicted octanol–water partition coefficient (Wildman–Crippen LogP) is 3.14. The number of aliphatic hydroxyl groups is 1. The molecule has 1 aromatic carbocycles. The Morgan fingerprint density at radius 3 is 2.83 bits per heavy atom. The van der Waals surface area contributed by atoms with Gasteiger partial charge in [-0.3, -0.25) is 4.90 Å². The molecule has 2 aliphatic rings. The summed E-state index contributed by atoms with van der Waals surface area (Å²) in [5, 5.41) is 11.8. The molecule has 1 atom stereocenters. The maximum atomic E-state index is 10.7. The zero-order chi connectivity index (χ0) is 12.8. The average molecular weight is 286 g/mol. The van der Waals surface area contributed by atoms with Gasteiger partial charge >= 0.3 is 0 Å². The van der Waals surface area contributed by atoms with Crippen molar-refractivity contribution in [3.05, 3.63) is 33.8 Å². The first kappa shape index (κ1) is 12.7. The van der Waals surface area contributed by atoms with Gasteiger partial charge in [-0.05, 0) is 30.9 Å². The van der Waals surface area contributed by atoms with Crippen molar-refractivity contribution < 1.29 is 5.11 Å². The fourth-order valence-electron chi connectivity index (χ4n) is 2.82. The molecule has 0 aromatic heterocycles. The van der Waals surface area contributed by atoms with Crippen LogP contribution in [0, 0.1) is 0 Å².